The van der Waals surface area contributed by atoms with Crippen LogP contribution < -0.4 is 10.6 Å². The number of hydrogen-bond donors (Lipinski definition) is 2. The molecule has 14 heavy (non-hydrogen) atoms. The van der Waals surface area contributed by atoms with E-state index in [2.05, 4.69) is 31.5 Å². The van der Waals surface area contributed by atoms with E-state index in [1.165, 1.54) is 32.1 Å². The number of rotatable bonds is 9. The summed E-state index contributed by atoms with van der Waals surface area (Å²) in [5.74, 6) is 0. The Labute approximate surface area is 89.9 Å². The summed E-state index contributed by atoms with van der Waals surface area (Å²) in [5.41, 5.74) is 0.529. The molecule has 0 aromatic rings. The van der Waals surface area contributed by atoms with Crippen LogP contribution in [0.15, 0.2) is 0 Å². The van der Waals surface area contributed by atoms with Crippen molar-refractivity contribution in [1.29, 1.82) is 0 Å². The molecule has 0 aliphatic rings. The molecule has 0 spiro atoms. The van der Waals surface area contributed by atoms with Crippen molar-refractivity contribution in [3.8, 4) is 0 Å². The maximum absolute atomic E-state index is 3.36. The summed E-state index contributed by atoms with van der Waals surface area (Å²) in [6.07, 6.45) is 6.59. The molecule has 2 N–H and O–H groups in total. The molecule has 0 aliphatic heterocycles. The summed E-state index contributed by atoms with van der Waals surface area (Å²) in [7, 11) is 4.11. The van der Waals surface area contributed by atoms with E-state index in [-0.39, 0.29) is 0 Å². The predicted molar refractivity (Wildman–Crippen MR) is 64.7 cm³/mol. The van der Waals surface area contributed by atoms with Gasteiger partial charge in [0, 0.05) is 6.54 Å². The van der Waals surface area contributed by atoms with Crippen LogP contribution in [0.3, 0.4) is 0 Å². The molecule has 2 nitrogen and oxygen atoms in total. The van der Waals surface area contributed by atoms with Crippen LogP contribution >= 0.6 is 0 Å². The molecule has 0 rings (SSSR count). The maximum atomic E-state index is 3.36. The molecule has 0 aromatic carbocycles. The van der Waals surface area contributed by atoms with Crippen molar-refractivity contribution in [3.63, 3.8) is 0 Å². The Morgan fingerprint density at radius 1 is 0.857 bits per heavy atom. The highest BCUT2D eigenvalue weighted by atomic mass is 14.8. The minimum atomic E-state index is 0.529. The zero-order valence-electron chi connectivity index (χ0n) is 10.4. The number of hydrogen-bond acceptors (Lipinski definition) is 2. The molecule has 2 heteroatoms. The summed E-state index contributed by atoms with van der Waals surface area (Å²) in [6, 6.07) is 0. The molecule has 0 amide bonds. The minimum absolute atomic E-state index is 0.529. The minimum Gasteiger partial charge on any atom is -0.320 e. The van der Waals surface area contributed by atoms with Gasteiger partial charge in [-0.25, -0.2) is 0 Å². The molecule has 0 fully saturated rings. The summed E-state index contributed by atoms with van der Waals surface area (Å²) in [5, 5.41) is 6.63. The zero-order valence-corrected chi connectivity index (χ0v) is 10.4. The van der Waals surface area contributed by atoms with Gasteiger partial charge in [0.15, 0.2) is 0 Å². The lowest BCUT2D eigenvalue weighted by Crippen LogP contribution is -2.35. The zero-order chi connectivity index (χ0) is 10.9. The van der Waals surface area contributed by atoms with Crippen LogP contribution in [-0.4, -0.2) is 27.2 Å². The van der Waals surface area contributed by atoms with Gasteiger partial charge in [0.05, 0.1) is 0 Å². The third-order valence-electron chi connectivity index (χ3n) is 3.02. The van der Waals surface area contributed by atoms with Crippen LogP contribution in [0.5, 0.6) is 0 Å². The molecule has 86 valence electrons. The molecule has 0 radical (unpaired) electrons. The molecule has 0 saturated heterocycles. The first-order valence-electron chi connectivity index (χ1n) is 6.04. The van der Waals surface area contributed by atoms with E-state index in [0.29, 0.717) is 5.41 Å². The van der Waals surface area contributed by atoms with Gasteiger partial charge < -0.3 is 10.6 Å². The van der Waals surface area contributed by atoms with Crippen molar-refractivity contribution < 1.29 is 0 Å². The molecule has 0 atom stereocenters. The maximum Gasteiger partial charge on any atom is 0.000528 e. The van der Waals surface area contributed by atoms with Gasteiger partial charge in [0.1, 0.15) is 0 Å². The second kappa shape index (κ2) is 8.25. The van der Waals surface area contributed by atoms with Crippen LogP contribution in [0.4, 0.5) is 0 Å². The van der Waals surface area contributed by atoms with E-state index in [1.807, 2.05) is 7.05 Å². The van der Waals surface area contributed by atoms with E-state index in [4.69, 9.17) is 0 Å². The fraction of sp³-hybridized carbons (Fsp3) is 1.00. The van der Waals surface area contributed by atoms with Gasteiger partial charge in [0.2, 0.25) is 0 Å². The van der Waals surface area contributed by atoms with Crippen molar-refractivity contribution in [2.24, 2.45) is 5.41 Å². The van der Waals surface area contributed by atoms with Crippen molar-refractivity contribution in [1.82, 2.24) is 10.6 Å². The van der Waals surface area contributed by atoms with Gasteiger partial charge in [-0.1, -0.05) is 26.7 Å². The van der Waals surface area contributed by atoms with Crippen molar-refractivity contribution >= 4 is 0 Å². The Morgan fingerprint density at radius 3 is 1.79 bits per heavy atom. The lowest BCUT2D eigenvalue weighted by molar-refractivity contribution is 0.209. The lowest BCUT2D eigenvalue weighted by atomic mass is 9.76. The Balaban J connectivity index is 4.21. The molecule has 0 aliphatic carbocycles. The highest BCUT2D eigenvalue weighted by Gasteiger charge is 2.26. The summed E-state index contributed by atoms with van der Waals surface area (Å²) < 4.78 is 0. The topological polar surface area (TPSA) is 24.1 Å². The Kier molecular flexibility index (Phi) is 8.20. The van der Waals surface area contributed by atoms with Crippen LogP contribution in [-0.2, 0) is 0 Å². The van der Waals surface area contributed by atoms with Crippen molar-refractivity contribution in [2.75, 3.05) is 27.2 Å². The second-order valence-corrected chi connectivity index (χ2v) is 4.38. The molecule has 0 saturated carbocycles. The third-order valence-corrected chi connectivity index (χ3v) is 3.02. The SMILES string of the molecule is CCCC(CCC)(CCNC)CNC. The molecular formula is C12H28N2. The van der Waals surface area contributed by atoms with Gasteiger partial charge in [-0.3, -0.25) is 0 Å². The van der Waals surface area contributed by atoms with Gasteiger partial charge >= 0.3 is 0 Å². The molecular weight excluding hydrogens is 172 g/mol. The summed E-state index contributed by atoms with van der Waals surface area (Å²) >= 11 is 0. The molecule has 0 heterocycles. The summed E-state index contributed by atoms with van der Waals surface area (Å²) in [4.78, 5) is 0. The van der Waals surface area contributed by atoms with Crippen molar-refractivity contribution in [2.45, 2.75) is 46.0 Å². The first-order valence-corrected chi connectivity index (χ1v) is 6.04. The van der Waals surface area contributed by atoms with Crippen LogP contribution in [0, 0.1) is 5.41 Å². The third kappa shape index (κ3) is 4.97. The van der Waals surface area contributed by atoms with Gasteiger partial charge in [-0.05, 0) is 45.3 Å². The summed E-state index contributed by atoms with van der Waals surface area (Å²) in [6.45, 7) is 6.89. The average molecular weight is 200 g/mol. The Hall–Kier alpha value is -0.0800. The second-order valence-electron chi connectivity index (χ2n) is 4.38. The predicted octanol–water partition coefficient (Wildman–Crippen LogP) is 2.40. The largest absolute Gasteiger partial charge is 0.320 e. The standard InChI is InChI=1S/C12H28N2/c1-5-7-12(8-6-2,11-14-4)9-10-13-3/h13-14H,5-11H2,1-4H3. The van der Waals surface area contributed by atoms with Gasteiger partial charge in [0.25, 0.3) is 0 Å². The van der Waals surface area contributed by atoms with E-state index >= 15 is 0 Å². The van der Waals surface area contributed by atoms with Crippen LogP contribution in [0.2, 0.25) is 0 Å². The molecule has 0 aromatic heterocycles. The first kappa shape index (κ1) is 13.9. The molecule has 0 bridgehead atoms. The number of nitrogens with one attached hydrogen (secondary N) is 2. The van der Waals surface area contributed by atoms with Gasteiger partial charge in [-0.2, -0.15) is 0 Å². The Bertz CT molecular complexity index is 106. The monoisotopic (exact) mass is 200 g/mol. The van der Waals surface area contributed by atoms with E-state index in [9.17, 15) is 0 Å². The smallest absolute Gasteiger partial charge is 0.000528 e. The average Bonchev–Trinajstić information content (AvgIpc) is 2.16. The van der Waals surface area contributed by atoms with Crippen LogP contribution in [0.1, 0.15) is 46.0 Å². The fourth-order valence-electron chi connectivity index (χ4n) is 2.47. The Morgan fingerprint density at radius 2 is 1.43 bits per heavy atom. The van der Waals surface area contributed by atoms with Gasteiger partial charge in [-0.15, -0.1) is 0 Å². The first-order chi connectivity index (χ1) is 6.74. The van der Waals surface area contributed by atoms with Crippen molar-refractivity contribution in [3.05, 3.63) is 0 Å². The lowest BCUT2D eigenvalue weighted by Gasteiger charge is -2.33. The fourth-order valence-corrected chi connectivity index (χ4v) is 2.47. The normalized spacial score (nSPS) is 12.0. The highest BCUT2D eigenvalue weighted by molar-refractivity contribution is 4.81. The van der Waals surface area contributed by atoms with E-state index in [1.54, 1.807) is 0 Å². The highest BCUT2D eigenvalue weighted by Crippen LogP contribution is 2.32. The van der Waals surface area contributed by atoms with E-state index < -0.39 is 0 Å². The van der Waals surface area contributed by atoms with E-state index in [0.717, 1.165) is 13.1 Å². The quantitative estimate of drug-likeness (QED) is 0.597. The molecule has 0 unspecified atom stereocenters. The van der Waals surface area contributed by atoms with Crippen LogP contribution in [0.25, 0.3) is 0 Å².